The van der Waals surface area contributed by atoms with Gasteiger partial charge in [0.2, 0.25) is 0 Å². The standard InChI is InChI=1S/C13H16BrNO2/c14-12-6-5-10(16)7-11(12)13(17)15-8-9-3-1-2-4-9/h5-7,9,16H,1-4,8H2,(H,15,17). The monoisotopic (exact) mass is 297 g/mol. The van der Waals surface area contributed by atoms with Crippen LogP contribution in [-0.2, 0) is 0 Å². The molecule has 3 nitrogen and oxygen atoms in total. The highest BCUT2D eigenvalue weighted by molar-refractivity contribution is 9.10. The fourth-order valence-corrected chi connectivity index (χ4v) is 2.66. The van der Waals surface area contributed by atoms with Crippen molar-refractivity contribution in [3.63, 3.8) is 0 Å². The first-order chi connectivity index (χ1) is 8.16. The maximum atomic E-state index is 11.9. The first-order valence-electron chi connectivity index (χ1n) is 5.93. The van der Waals surface area contributed by atoms with Crippen LogP contribution < -0.4 is 5.32 Å². The molecule has 1 aromatic carbocycles. The number of halogens is 1. The molecular formula is C13H16BrNO2. The second-order valence-corrected chi connectivity index (χ2v) is 5.38. The molecule has 0 radical (unpaired) electrons. The number of amides is 1. The third-order valence-electron chi connectivity index (χ3n) is 3.22. The molecule has 0 aliphatic heterocycles. The van der Waals surface area contributed by atoms with Crippen LogP contribution in [0.2, 0.25) is 0 Å². The Morgan fingerprint density at radius 1 is 1.41 bits per heavy atom. The molecule has 2 N–H and O–H groups in total. The zero-order valence-electron chi connectivity index (χ0n) is 9.58. The largest absolute Gasteiger partial charge is 0.508 e. The topological polar surface area (TPSA) is 49.3 Å². The highest BCUT2D eigenvalue weighted by atomic mass is 79.9. The van der Waals surface area contributed by atoms with E-state index in [1.165, 1.54) is 31.7 Å². The molecule has 1 aromatic rings. The fraction of sp³-hybridized carbons (Fsp3) is 0.462. The molecule has 92 valence electrons. The van der Waals surface area contributed by atoms with Crippen molar-refractivity contribution in [3.05, 3.63) is 28.2 Å². The zero-order chi connectivity index (χ0) is 12.3. The average Bonchev–Trinajstić information content (AvgIpc) is 2.82. The second-order valence-electron chi connectivity index (χ2n) is 4.52. The number of benzene rings is 1. The number of phenols is 1. The van der Waals surface area contributed by atoms with Crippen LogP contribution >= 0.6 is 15.9 Å². The molecule has 1 fully saturated rings. The van der Waals surface area contributed by atoms with E-state index in [4.69, 9.17) is 0 Å². The molecule has 17 heavy (non-hydrogen) atoms. The third-order valence-corrected chi connectivity index (χ3v) is 3.91. The first kappa shape index (κ1) is 12.4. The number of carbonyl (C=O) groups excluding carboxylic acids is 1. The first-order valence-corrected chi connectivity index (χ1v) is 6.73. The molecule has 1 aliphatic carbocycles. The van der Waals surface area contributed by atoms with Gasteiger partial charge in [-0.3, -0.25) is 4.79 Å². The summed E-state index contributed by atoms with van der Waals surface area (Å²) in [5.74, 6) is 0.605. The molecule has 0 aromatic heterocycles. The molecule has 1 aliphatic rings. The van der Waals surface area contributed by atoms with Crippen molar-refractivity contribution in [2.45, 2.75) is 25.7 Å². The van der Waals surface area contributed by atoms with Gasteiger partial charge in [0.1, 0.15) is 5.75 Å². The molecule has 0 saturated heterocycles. The summed E-state index contributed by atoms with van der Waals surface area (Å²) in [6.07, 6.45) is 4.97. The Labute approximate surface area is 109 Å². The van der Waals surface area contributed by atoms with E-state index in [-0.39, 0.29) is 11.7 Å². The van der Waals surface area contributed by atoms with Gasteiger partial charge >= 0.3 is 0 Å². The van der Waals surface area contributed by atoms with Crippen LogP contribution in [0.3, 0.4) is 0 Å². The van der Waals surface area contributed by atoms with Gasteiger partial charge in [0.25, 0.3) is 5.91 Å². The lowest BCUT2D eigenvalue weighted by Crippen LogP contribution is -2.28. The predicted octanol–water partition coefficient (Wildman–Crippen LogP) is 3.07. The van der Waals surface area contributed by atoms with Crippen LogP contribution in [0.15, 0.2) is 22.7 Å². The molecule has 1 amide bonds. The molecule has 2 rings (SSSR count). The highest BCUT2D eigenvalue weighted by Crippen LogP contribution is 2.25. The van der Waals surface area contributed by atoms with Gasteiger partial charge in [-0.1, -0.05) is 12.8 Å². The molecule has 0 heterocycles. The summed E-state index contributed by atoms with van der Waals surface area (Å²) in [5.41, 5.74) is 0.489. The maximum Gasteiger partial charge on any atom is 0.252 e. The van der Waals surface area contributed by atoms with Crippen molar-refractivity contribution in [3.8, 4) is 5.75 Å². The van der Waals surface area contributed by atoms with Crippen LogP contribution in [0.1, 0.15) is 36.0 Å². The van der Waals surface area contributed by atoms with Gasteiger partial charge in [0, 0.05) is 11.0 Å². The van der Waals surface area contributed by atoms with Gasteiger partial charge in [0.15, 0.2) is 0 Å². The number of carbonyl (C=O) groups is 1. The smallest absolute Gasteiger partial charge is 0.252 e. The van der Waals surface area contributed by atoms with Gasteiger partial charge in [-0.25, -0.2) is 0 Å². The Balaban J connectivity index is 1.96. The normalized spacial score (nSPS) is 16.1. The van der Waals surface area contributed by atoms with Gasteiger partial charge < -0.3 is 10.4 Å². The van der Waals surface area contributed by atoms with E-state index in [0.717, 1.165) is 6.54 Å². The number of phenolic OH excluding ortho intramolecular Hbond substituents is 1. The number of aromatic hydroxyl groups is 1. The molecule has 0 unspecified atom stereocenters. The van der Waals surface area contributed by atoms with Crippen molar-refractivity contribution >= 4 is 21.8 Å². The Hall–Kier alpha value is -1.03. The quantitative estimate of drug-likeness (QED) is 0.901. The van der Waals surface area contributed by atoms with Crippen LogP contribution in [0.4, 0.5) is 0 Å². The molecule has 4 heteroatoms. The van der Waals surface area contributed by atoms with Crippen molar-refractivity contribution in [1.29, 1.82) is 0 Å². The molecule has 0 spiro atoms. The summed E-state index contributed by atoms with van der Waals surface area (Å²) in [6.45, 7) is 0.737. The summed E-state index contributed by atoms with van der Waals surface area (Å²) in [5, 5.41) is 12.3. The van der Waals surface area contributed by atoms with Crippen LogP contribution in [0, 0.1) is 5.92 Å². The third kappa shape index (κ3) is 3.22. The van der Waals surface area contributed by atoms with E-state index in [0.29, 0.717) is 16.0 Å². The maximum absolute atomic E-state index is 11.9. The van der Waals surface area contributed by atoms with Gasteiger partial charge in [0.05, 0.1) is 5.56 Å². The number of rotatable bonds is 3. The lowest BCUT2D eigenvalue weighted by atomic mass is 10.1. The summed E-state index contributed by atoms with van der Waals surface area (Å²) >= 11 is 3.31. The highest BCUT2D eigenvalue weighted by Gasteiger charge is 2.17. The SMILES string of the molecule is O=C(NCC1CCCC1)c1cc(O)ccc1Br. The van der Waals surface area contributed by atoms with Crippen LogP contribution in [-0.4, -0.2) is 17.6 Å². The summed E-state index contributed by atoms with van der Waals surface area (Å²) in [7, 11) is 0. The lowest BCUT2D eigenvalue weighted by Gasteiger charge is -2.11. The fourth-order valence-electron chi connectivity index (χ4n) is 2.23. The minimum atomic E-state index is -0.125. The second kappa shape index (κ2) is 5.54. The Kier molecular flexibility index (Phi) is 4.05. The molecule has 0 bridgehead atoms. The summed E-state index contributed by atoms with van der Waals surface area (Å²) in [4.78, 5) is 11.9. The number of hydrogen-bond donors (Lipinski definition) is 2. The minimum Gasteiger partial charge on any atom is -0.508 e. The van der Waals surface area contributed by atoms with Crippen molar-refractivity contribution < 1.29 is 9.90 Å². The Bertz CT molecular complexity index is 414. The predicted molar refractivity (Wildman–Crippen MR) is 70.1 cm³/mol. The van der Waals surface area contributed by atoms with E-state index in [1.807, 2.05) is 0 Å². The van der Waals surface area contributed by atoms with Gasteiger partial charge in [-0.05, 0) is 52.9 Å². The molecular weight excluding hydrogens is 282 g/mol. The van der Waals surface area contributed by atoms with E-state index < -0.39 is 0 Å². The Morgan fingerprint density at radius 2 is 2.12 bits per heavy atom. The summed E-state index contributed by atoms with van der Waals surface area (Å²) in [6, 6.07) is 4.71. The zero-order valence-corrected chi connectivity index (χ0v) is 11.2. The lowest BCUT2D eigenvalue weighted by molar-refractivity contribution is 0.0946. The van der Waals surface area contributed by atoms with Gasteiger partial charge in [-0.15, -0.1) is 0 Å². The van der Waals surface area contributed by atoms with Crippen LogP contribution in [0.5, 0.6) is 5.75 Å². The summed E-state index contributed by atoms with van der Waals surface area (Å²) < 4.78 is 0.708. The van der Waals surface area contributed by atoms with E-state index in [1.54, 1.807) is 12.1 Å². The van der Waals surface area contributed by atoms with Crippen molar-refractivity contribution in [2.24, 2.45) is 5.92 Å². The molecule has 0 atom stereocenters. The molecule has 1 saturated carbocycles. The minimum absolute atomic E-state index is 0.110. The van der Waals surface area contributed by atoms with Gasteiger partial charge in [-0.2, -0.15) is 0 Å². The number of nitrogens with one attached hydrogen (secondary N) is 1. The van der Waals surface area contributed by atoms with Crippen molar-refractivity contribution in [2.75, 3.05) is 6.54 Å². The average molecular weight is 298 g/mol. The van der Waals surface area contributed by atoms with Crippen LogP contribution in [0.25, 0.3) is 0 Å². The van der Waals surface area contributed by atoms with E-state index >= 15 is 0 Å². The van der Waals surface area contributed by atoms with E-state index in [2.05, 4.69) is 21.2 Å². The Morgan fingerprint density at radius 3 is 2.82 bits per heavy atom. The van der Waals surface area contributed by atoms with Crippen molar-refractivity contribution in [1.82, 2.24) is 5.32 Å². The number of hydrogen-bond acceptors (Lipinski definition) is 2. The van der Waals surface area contributed by atoms with E-state index in [9.17, 15) is 9.90 Å².